The van der Waals surface area contributed by atoms with Crippen LogP contribution in [0.3, 0.4) is 0 Å². The van der Waals surface area contributed by atoms with Crippen LogP contribution in [0.5, 0.6) is 5.75 Å². The van der Waals surface area contributed by atoms with Gasteiger partial charge in [-0.05, 0) is 30.2 Å². The summed E-state index contributed by atoms with van der Waals surface area (Å²) in [6.45, 7) is 2.34. The molecule has 3 aromatic rings. The number of amides is 2. The highest BCUT2D eigenvalue weighted by Crippen LogP contribution is 2.47. The van der Waals surface area contributed by atoms with Crippen LogP contribution in [-0.2, 0) is 13.0 Å². The van der Waals surface area contributed by atoms with Crippen molar-refractivity contribution in [3.8, 4) is 16.9 Å². The maximum Gasteiger partial charge on any atom is 0.326 e. The second kappa shape index (κ2) is 8.38. The van der Waals surface area contributed by atoms with Crippen LogP contribution in [-0.4, -0.2) is 11.1 Å². The Kier molecular flexibility index (Phi) is 5.83. The zero-order valence-electron chi connectivity index (χ0n) is 16.2. The van der Waals surface area contributed by atoms with Crippen molar-refractivity contribution < 1.29 is 9.90 Å². The number of benzene rings is 3. The van der Waals surface area contributed by atoms with Gasteiger partial charge in [0.15, 0.2) is 0 Å². The van der Waals surface area contributed by atoms with E-state index in [1.54, 1.807) is 24.3 Å². The number of hydrogen-bond donors (Lipinski definition) is 2. The Bertz CT molecular complexity index is 1130. The van der Waals surface area contributed by atoms with Crippen LogP contribution >= 0.6 is 34.8 Å². The fourth-order valence-corrected chi connectivity index (χ4v) is 4.69. The van der Waals surface area contributed by atoms with Gasteiger partial charge in [-0.25, -0.2) is 4.79 Å². The molecule has 0 aliphatic carbocycles. The molecular weight excluding hydrogens is 443 g/mol. The molecular formula is C23H19Cl3N2O2. The summed E-state index contributed by atoms with van der Waals surface area (Å²) in [5.41, 5.74) is 4.17. The molecule has 30 heavy (non-hydrogen) atoms. The number of phenolic OH excluding ortho intramolecular Hbond substituents is 1. The van der Waals surface area contributed by atoms with E-state index in [1.807, 2.05) is 31.2 Å². The minimum atomic E-state index is -0.370. The second-order valence-corrected chi connectivity index (χ2v) is 8.26. The molecule has 154 valence electrons. The Hall–Kier alpha value is -2.40. The molecule has 0 unspecified atom stereocenters. The van der Waals surface area contributed by atoms with E-state index < -0.39 is 0 Å². The summed E-state index contributed by atoms with van der Waals surface area (Å²) in [6, 6.07) is 13.8. The van der Waals surface area contributed by atoms with Crippen molar-refractivity contribution in [3.05, 3.63) is 74.7 Å². The SMILES string of the molecule is CCCc1c(O)cc2c(c1-c1ccccc1Cl)CNC(=O)N2c1c(Cl)cccc1Cl. The number of hydrogen-bond acceptors (Lipinski definition) is 2. The number of aromatic hydroxyl groups is 1. The van der Waals surface area contributed by atoms with Crippen LogP contribution in [0.25, 0.3) is 11.1 Å². The largest absolute Gasteiger partial charge is 0.508 e. The Labute approximate surface area is 190 Å². The van der Waals surface area contributed by atoms with Crippen molar-refractivity contribution >= 4 is 52.2 Å². The smallest absolute Gasteiger partial charge is 0.326 e. The van der Waals surface area contributed by atoms with E-state index in [0.29, 0.717) is 39.4 Å². The summed E-state index contributed by atoms with van der Waals surface area (Å²) in [4.78, 5) is 14.3. The number of carbonyl (C=O) groups excluding carboxylic acids is 1. The Morgan fingerprint density at radius 1 is 1.03 bits per heavy atom. The highest BCUT2D eigenvalue weighted by molar-refractivity contribution is 6.40. The molecule has 2 amide bonds. The maximum absolute atomic E-state index is 12.9. The molecule has 1 aliphatic heterocycles. The van der Waals surface area contributed by atoms with Crippen molar-refractivity contribution in [2.75, 3.05) is 4.90 Å². The van der Waals surface area contributed by atoms with Crippen molar-refractivity contribution in [2.24, 2.45) is 0 Å². The molecule has 0 bridgehead atoms. The molecule has 3 aromatic carbocycles. The van der Waals surface area contributed by atoms with Crippen LogP contribution in [0.4, 0.5) is 16.2 Å². The van der Waals surface area contributed by atoms with Crippen LogP contribution in [0, 0.1) is 0 Å². The van der Waals surface area contributed by atoms with Crippen LogP contribution in [0.2, 0.25) is 15.1 Å². The number of nitrogens with zero attached hydrogens (tertiary/aromatic N) is 1. The highest BCUT2D eigenvalue weighted by atomic mass is 35.5. The fraction of sp³-hybridized carbons (Fsp3) is 0.174. The molecule has 2 N–H and O–H groups in total. The first kappa shape index (κ1) is 20.9. The number of anilines is 2. The molecule has 0 saturated heterocycles. The van der Waals surface area contributed by atoms with Gasteiger partial charge in [0.1, 0.15) is 5.75 Å². The number of nitrogens with one attached hydrogen (secondary N) is 1. The van der Waals surface area contributed by atoms with E-state index in [2.05, 4.69) is 5.32 Å². The van der Waals surface area contributed by atoms with Gasteiger partial charge in [-0.15, -0.1) is 0 Å². The van der Waals surface area contributed by atoms with E-state index in [1.165, 1.54) is 4.90 Å². The van der Waals surface area contributed by atoms with Gasteiger partial charge >= 0.3 is 6.03 Å². The number of fused-ring (bicyclic) bond motifs is 1. The average molecular weight is 462 g/mol. The summed E-state index contributed by atoms with van der Waals surface area (Å²) in [7, 11) is 0. The molecule has 0 aromatic heterocycles. The molecule has 1 heterocycles. The molecule has 0 atom stereocenters. The first-order chi connectivity index (χ1) is 14.4. The second-order valence-electron chi connectivity index (χ2n) is 7.04. The normalized spacial score (nSPS) is 13.2. The average Bonchev–Trinajstić information content (AvgIpc) is 2.71. The van der Waals surface area contributed by atoms with Gasteiger partial charge < -0.3 is 10.4 Å². The topological polar surface area (TPSA) is 52.6 Å². The van der Waals surface area contributed by atoms with E-state index in [0.717, 1.165) is 28.7 Å². The molecule has 4 nitrogen and oxygen atoms in total. The van der Waals surface area contributed by atoms with Crippen LogP contribution in [0.15, 0.2) is 48.5 Å². The molecule has 4 rings (SSSR count). The van der Waals surface area contributed by atoms with Crippen LogP contribution in [0.1, 0.15) is 24.5 Å². The number of carbonyl (C=O) groups is 1. The van der Waals surface area contributed by atoms with Crippen LogP contribution < -0.4 is 10.2 Å². The van der Waals surface area contributed by atoms with E-state index >= 15 is 0 Å². The van der Waals surface area contributed by atoms with Crippen molar-refractivity contribution in [2.45, 2.75) is 26.3 Å². The fourth-order valence-electron chi connectivity index (χ4n) is 3.89. The predicted octanol–water partition coefficient (Wildman–Crippen LogP) is 7.33. The summed E-state index contributed by atoms with van der Waals surface area (Å²) in [5.74, 6) is 0.105. The van der Waals surface area contributed by atoms with Gasteiger partial charge in [0.25, 0.3) is 0 Å². The quantitative estimate of drug-likeness (QED) is 0.427. The third-order valence-electron chi connectivity index (χ3n) is 5.16. The van der Waals surface area contributed by atoms with Crippen molar-refractivity contribution in [1.29, 1.82) is 0 Å². The maximum atomic E-state index is 12.9. The molecule has 0 fully saturated rings. The van der Waals surface area contributed by atoms with E-state index in [9.17, 15) is 9.90 Å². The third kappa shape index (κ3) is 3.49. The molecule has 0 saturated carbocycles. The zero-order chi connectivity index (χ0) is 21.4. The zero-order valence-corrected chi connectivity index (χ0v) is 18.4. The standard InChI is InChI=1S/C23H19Cl3N2O2/c1-2-6-14-20(29)11-19-15(21(14)13-7-3-4-8-16(13)24)12-27-23(30)28(19)22-17(25)9-5-10-18(22)26/h3-5,7-11,29H,2,6,12H2,1H3,(H,27,30). The van der Waals surface area contributed by atoms with Crippen molar-refractivity contribution in [3.63, 3.8) is 0 Å². The summed E-state index contributed by atoms with van der Waals surface area (Å²) < 4.78 is 0. The molecule has 0 spiro atoms. The lowest BCUT2D eigenvalue weighted by molar-refractivity contribution is 0.247. The monoisotopic (exact) mass is 460 g/mol. The summed E-state index contributed by atoms with van der Waals surface area (Å²) in [6.07, 6.45) is 1.51. The summed E-state index contributed by atoms with van der Waals surface area (Å²) >= 11 is 19.3. The summed E-state index contributed by atoms with van der Waals surface area (Å²) in [5, 5.41) is 15.1. The van der Waals surface area contributed by atoms with Gasteiger partial charge in [0.2, 0.25) is 0 Å². The lowest BCUT2D eigenvalue weighted by Crippen LogP contribution is -2.41. The lowest BCUT2D eigenvalue weighted by atomic mass is 9.88. The molecule has 0 radical (unpaired) electrons. The Balaban J connectivity index is 2.05. The minimum absolute atomic E-state index is 0.105. The minimum Gasteiger partial charge on any atom is -0.508 e. The number of halogens is 3. The number of rotatable bonds is 4. The van der Waals surface area contributed by atoms with Gasteiger partial charge in [-0.1, -0.05) is 72.4 Å². The van der Waals surface area contributed by atoms with Gasteiger partial charge in [0, 0.05) is 34.3 Å². The first-order valence-corrected chi connectivity index (χ1v) is 10.7. The van der Waals surface area contributed by atoms with Gasteiger partial charge in [-0.3, -0.25) is 4.90 Å². The Morgan fingerprint density at radius 2 is 1.70 bits per heavy atom. The number of urea groups is 1. The van der Waals surface area contributed by atoms with E-state index in [4.69, 9.17) is 34.8 Å². The number of phenols is 1. The van der Waals surface area contributed by atoms with Gasteiger partial charge in [0.05, 0.1) is 21.4 Å². The first-order valence-electron chi connectivity index (χ1n) is 9.58. The number of para-hydroxylation sites is 1. The Morgan fingerprint density at radius 3 is 2.37 bits per heavy atom. The lowest BCUT2D eigenvalue weighted by Gasteiger charge is -2.34. The molecule has 7 heteroatoms. The molecule has 1 aliphatic rings. The third-order valence-corrected chi connectivity index (χ3v) is 6.10. The highest BCUT2D eigenvalue weighted by Gasteiger charge is 2.32. The van der Waals surface area contributed by atoms with E-state index in [-0.39, 0.29) is 11.8 Å². The van der Waals surface area contributed by atoms with Gasteiger partial charge in [-0.2, -0.15) is 0 Å². The van der Waals surface area contributed by atoms with Crippen molar-refractivity contribution in [1.82, 2.24) is 5.32 Å². The predicted molar refractivity (Wildman–Crippen MR) is 123 cm³/mol.